The molecule has 1 rings (SSSR count). The van der Waals surface area contributed by atoms with Crippen LogP contribution in [0.5, 0.6) is 5.75 Å². The molecular formula is C16H22O4. The molecule has 1 aromatic carbocycles. The van der Waals surface area contributed by atoms with Crippen molar-refractivity contribution in [2.75, 3.05) is 6.61 Å². The van der Waals surface area contributed by atoms with Crippen LogP contribution in [0.2, 0.25) is 0 Å². The molecule has 0 N–H and O–H groups in total. The summed E-state index contributed by atoms with van der Waals surface area (Å²) in [4.78, 5) is 22.2. The first-order chi connectivity index (χ1) is 9.67. The van der Waals surface area contributed by atoms with E-state index in [1.165, 1.54) is 0 Å². The second-order valence-corrected chi connectivity index (χ2v) is 4.68. The third-order valence-electron chi connectivity index (χ3n) is 2.90. The Bertz CT molecular complexity index is 411. The molecule has 0 saturated heterocycles. The lowest BCUT2D eigenvalue weighted by atomic mass is 10.2. The van der Waals surface area contributed by atoms with Gasteiger partial charge in [-0.05, 0) is 37.6 Å². The molecule has 0 aliphatic rings. The molecule has 0 heterocycles. The van der Waals surface area contributed by atoms with Crippen LogP contribution in [-0.2, 0) is 9.53 Å². The minimum absolute atomic E-state index is 0.360. The highest BCUT2D eigenvalue weighted by molar-refractivity contribution is 5.75. The summed E-state index contributed by atoms with van der Waals surface area (Å²) in [6.07, 6.45) is 4.39. The van der Waals surface area contributed by atoms with Gasteiger partial charge in [-0.25, -0.2) is 4.79 Å². The van der Waals surface area contributed by atoms with E-state index in [1.807, 2.05) is 0 Å². The lowest BCUT2D eigenvalue weighted by Gasteiger charge is -2.14. The molecule has 0 bridgehead atoms. The Morgan fingerprint density at radius 3 is 2.50 bits per heavy atom. The molecule has 4 nitrogen and oxygen atoms in total. The summed E-state index contributed by atoms with van der Waals surface area (Å²) in [6, 6.07) is 6.61. The summed E-state index contributed by atoms with van der Waals surface area (Å²) in [7, 11) is 0. The monoisotopic (exact) mass is 278 g/mol. The zero-order valence-corrected chi connectivity index (χ0v) is 12.1. The van der Waals surface area contributed by atoms with Gasteiger partial charge in [-0.3, -0.25) is 4.79 Å². The minimum atomic E-state index is -0.650. The normalized spacial score (nSPS) is 11.7. The number of unbranched alkanes of at least 4 members (excludes halogenated alkanes) is 3. The van der Waals surface area contributed by atoms with Crippen molar-refractivity contribution in [2.45, 2.75) is 45.6 Å². The average Bonchev–Trinajstić information content (AvgIpc) is 2.47. The van der Waals surface area contributed by atoms with E-state index < -0.39 is 6.10 Å². The molecule has 0 spiro atoms. The Morgan fingerprint density at radius 1 is 1.20 bits per heavy atom. The van der Waals surface area contributed by atoms with Gasteiger partial charge in [0.1, 0.15) is 12.0 Å². The molecule has 0 aliphatic carbocycles. The second-order valence-electron chi connectivity index (χ2n) is 4.68. The Labute approximate surface area is 120 Å². The van der Waals surface area contributed by atoms with Gasteiger partial charge in [-0.2, -0.15) is 0 Å². The van der Waals surface area contributed by atoms with Crippen molar-refractivity contribution in [3.8, 4) is 5.75 Å². The van der Waals surface area contributed by atoms with E-state index >= 15 is 0 Å². The fourth-order valence-electron chi connectivity index (χ4n) is 1.70. The van der Waals surface area contributed by atoms with Gasteiger partial charge in [0.2, 0.25) is 0 Å². The highest BCUT2D eigenvalue weighted by Crippen LogP contribution is 2.13. The molecule has 4 heteroatoms. The minimum Gasteiger partial charge on any atom is -0.479 e. The molecule has 1 aromatic rings. The summed E-state index contributed by atoms with van der Waals surface area (Å²) in [5, 5.41) is 0. The number of aldehydes is 1. The van der Waals surface area contributed by atoms with Gasteiger partial charge < -0.3 is 9.47 Å². The van der Waals surface area contributed by atoms with Gasteiger partial charge in [-0.1, -0.05) is 26.2 Å². The van der Waals surface area contributed by atoms with Crippen LogP contribution in [0.3, 0.4) is 0 Å². The number of rotatable bonds is 9. The van der Waals surface area contributed by atoms with Gasteiger partial charge in [0, 0.05) is 5.56 Å². The maximum absolute atomic E-state index is 11.7. The fourth-order valence-corrected chi connectivity index (χ4v) is 1.70. The van der Waals surface area contributed by atoms with Gasteiger partial charge in [0.25, 0.3) is 0 Å². The molecule has 0 radical (unpaired) electrons. The van der Waals surface area contributed by atoms with Crippen LogP contribution in [0, 0.1) is 0 Å². The van der Waals surface area contributed by atoms with Crippen molar-refractivity contribution >= 4 is 12.3 Å². The topological polar surface area (TPSA) is 52.6 Å². The number of carbonyl (C=O) groups excluding carboxylic acids is 2. The van der Waals surface area contributed by atoms with Crippen LogP contribution >= 0.6 is 0 Å². The summed E-state index contributed by atoms with van der Waals surface area (Å²) >= 11 is 0. The molecule has 1 unspecified atom stereocenters. The Morgan fingerprint density at radius 2 is 1.90 bits per heavy atom. The highest BCUT2D eigenvalue weighted by Gasteiger charge is 2.15. The molecule has 0 saturated carbocycles. The molecule has 0 aliphatic heterocycles. The maximum atomic E-state index is 11.7. The van der Waals surface area contributed by atoms with Crippen LogP contribution in [0.25, 0.3) is 0 Å². The first kappa shape index (κ1) is 16.2. The number of hydrogen-bond donors (Lipinski definition) is 0. The Balaban J connectivity index is 2.31. The number of esters is 1. The van der Waals surface area contributed by atoms with Crippen molar-refractivity contribution < 1.29 is 19.1 Å². The third kappa shape index (κ3) is 5.87. The molecule has 20 heavy (non-hydrogen) atoms. The lowest BCUT2D eigenvalue weighted by molar-refractivity contribution is -0.151. The number of carbonyl (C=O) groups is 2. The second kappa shape index (κ2) is 9.13. The Hall–Kier alpha value is -1.84. The van der Waals surface area contributed by atoms with Crippen LogP contribution in [0.1, 0.15) is 49.9 Å². The van der Waals surface area contributed by atoms with Gasteiger partial charge >= 0.3 is 5.97 Å². The SMILES string of the molecule is CCCCCCOC(=O)C(C)Oc1ccc(C=O)cc1. The average molecular weight is 278 g/mol. The quantitative estimate of drug-likeness (QED) is 0.395. The van der Waals surface area contributed by atoms with Crippen molar-refractivity contribution in [3.05, 3.63) is 29.8 Å². The zero-order valence-electron chi connectivity index (χ0n) is 12.1. The summed E-state index contributed by atoms with van der Waals surface area (Å²) in [5.74, 6) is 0.187. The molecule has 110 valence electrons. The van der Waals surface area contributed by atoms with E-state index in [-0.39, 0.29) is 5.97 Å². The van der Waals surface area contributed by atoms with Crippen molar-refractivity contribution in [1.29, 1.82) is 0 Å². The highest BCUT2D eigenvalue weighted by atomic mass is 16.6. The number of ether oxygens (including phenoxy) is 2. The predicted octanol–water partition coefficient (Wildman–Crippen LogP) is 3.39. The smallest absolute Gasteiger partial charge is 0.347 e. The molecular weight excluding hydrogens is 256 g/mol. The summed E-state index contributed by atoms with van der Waals surface area (Å²) < 4.78 is 10.6. The van der Waals surface area contributed by atoms with Crippen LogP contribution in [0.15, 0.2) is 24.3 Å². The number of benzene rings is 1. The first-order valence-electron chi connectivity index (χ1n) is 7.06. The summed E-state index contributed by atoms with van der Waals surface area (Å²) in [6.45, 7) is 4.23. The van der Waals surface area contributed by atoms with Gasteiger partial charge in [0.15, 0.2) is 6.10 Å². The lowest BCUT2D eigenvalue weighted by Crippen LogP contribution is -2.26. The summed E-state index contributed by atoms with van der Waals surface area (Å²) in [5.41, 5.74) is 0.573. The zero-order chi connectivity index (χ0) is 14.8. The van der Waals surface area contributed by atoms with Crippen LogP contribution in [-0.4, -0.2) is 25.0 Å². The van der Waals surface area contributed by atoms with E-state index in [9.17, 15) is 9.59 Å². The van der Waals surface area contributed by atoms with Crippen LogP contribution < -0.4 is 4.74 Å². The van der Waals surface area contributed by atoms with Crippen LogP contribution in [0.4, 0.5) is 0 Å². The van der Waals surface area contributed by atoms with E-state index in [0.29, 0.717) is 17.9 Å². The standard InChI is InChI=1S/C16H22O4/c1-3-4-5-6-11-19-16(18)13(2)20-15-9-7-14(12-17)8-10-15/h7-10,12-13H,3-6,11H2,1-2H3. The molecule has 0 aromatic heterocycles. The largest absolute Gasteiger partial charge is 0.479 e. The number of hydrogen-bond acceptors (Lipinski definition) is 4. The van der Waals surface area contributed by atoms with Gasteiger partial charge in [-0.15, -0.1) is 0 Å². The van der Waals surface area contributed by atoms with Crippen molar-refractivity contribution in [1.82, 2.24) is 0 Å². The third-order valence-corrected chi connectivity index (χ3v) is 2.90. The van der Waals surface area contributed by atoms with E-state index in [0.717, 1.165) is 32.0 Å². The molecule has 0 amide bonds. The predicted molar refractivity (Wildman–Crippen MR) is 77.0 cm³/mol. The maximum Gasteiger partial charge on any atom is 0.347 e. The first-order valence-corrected chi connectivity index (χ1v) is 7.06. The Kier molecular flexibility index (Phi) is 7.40. The van der Waals surface area contributed by atoms with Gasteiger partial charge in [0.05, 0.1) is 6.61 Å². The van der Waals surface area contributed by atoms with E-state index in [4.69, 9.17) is 9.47 Å². The van der Waals surface area contributed by atoms with Crippen molar-refractivity contribution in [3.63, 3.8) is 0 Å². The van der Waals surface area contributed by atoms with Crippen molar-refractivity contribution in [2.24, 2.45) is 0 Å². The molecule has 1 atom stereocenters. The fraction of sp³-hybridized carbons (Fsp3) is 0.500. The van der Waals surface area contributed by atoms with E-state index in [1.54, 1.807) is 31.2 Å². The van der Waals surface area contributed by atoms with E-state index in [2.05, 4.69) is 6.92 Å². The molecule has 0 fully saturated rings.